The van der Waals surface area contributed by atoms with Crippen LogP contribution in [0.2, 0.25) is 0 Å². The van der Waals surface area contributed by atoms with Gasteiger partial charge in [0.2, 0.25) is 0 Å². The van der Waals surface area contributed by atoms with Gasteiger partial charge in [-0.05, 0) is 26.0 Å². The Morgan fingerprint density at radius 1 is 1.12 bits per heavy atom. The Labute approximate surface area is 194 Å². The Kier molecular flexibility index (Phi) is 5.70. The Bertz CT molecular complexity index is 1290. The number of amides is 1. The number of piperazine rings is 1. The lowest BCUT2D eigenvalue weighted by atomic mass is 10.0. The quantitative estimate of drug-likeness (QED) is 0.586. The van der Waals surface area contributed by atoms with Crippen molar-refractivity contribution >= 4 is 26.8 Å². The third-order valence-corrected chi connectivity index (χ3v) is 8.55. The van der Waals surface area contributed by atoms with E-state index in [4.69, 9.17) is 10.1 Å². The molecular formula is C24H29N5O3S. The summed E-state index contributed by atoms with van der Waals surface area (Å²) in [5, 5.41) is 5.42. The summed E-state index contributed by atoms with van der Waals surface area (Å²) in [4.78, 5) is 22.9. The second-order valence-electron chi connectivity index (χ2n) is 8.93. The molecule has 0 N–H and O–H groups in total. The molecule has 1 aromatic carbocycles. The number of sulfone groups is 1. The van der Waals surface area contributed by atoms with E-state index in [1.807, 2.05) is 48.2 Å². The third kappa shape index (κ3) is 4.15. The van der Waals surface area contributed by atoms with Crippen molar-refractivity contribution in [1.82, 2.24) is 24.6 Å². The topological polar surface area (TPSA) is 88.4 Å². The first kappa shape index (κ1) is 22.0. The molecule has 4 heterocycles. The Morgan fingerprint density at radius 2 is 1.85 bits per heavy atom. The zero-order chi connectivity index (χ0) is 23.2. The van der Waals surface area contributed by atoms with Crippen molar-refractivity contribution in [3.05, 3.63) is 47.7 Å². The van der Waals surface area contributed by atoms with E-state index in [0.717, 1.165) is 30.6 Å². The molecule has 0 bridgehead atoms. The van der Waals surface area contributed by atoms with Crippen molar-refractivity contribution in [2.24, 2.45) is 0 Å². The normalized spacial score (nSPS) is 21.0. The van der Waals surface area contributed by atoms with Crippen LogP contribution in [0.5, 0.6) is 0 Å². The van der Waals surface area contributed by atoms with Crippen LogP contribution >= 0.6 is 0 Å². The number of fused-ring (bicyclic) bond motifs is 1. The zero-order valence-electron chi connectivity index (χ0n) is 19.1. The van der Waals surface area contributed by atoms with Crippen LogP contribution in [0.25, 0.3) is 22.3 Å². The van der Waals surface area contributed by atoms with E-state index in [9.17, 15) is 13.2 Å². The lowest BCUT2D eigenvalue weighted by Gasteiger charge is -2.34. The van der Waals surface area contributed by atoms with Crippen LogP contribution < -0.4 is 0 Å². The van der Waals surface area contributed by atoms with Gasteiger partial charge in [0.15, 0.2) is 15.5 Å². The summed E-state index contributed by atoms with van der Waals surface area (Å²) in [6.07, 6.45) is 0.512. The van der Waals surface area contributed by atoms with Gasteiger partial charge in [-0.25, -0.2) is 18.1 Å². The highest BCUT2D eigenvalue weighted by molar-refractivity contribution is 7.91. The maximum Gasteiger partial charge on any atom is 0.254 e. The molecule has 174 valence electrons. The second-order valence-corrected chi connectivity index (χ2v) is 11.2. The molecule has 0 radical (unpaired) electrons. The number of benzene rings is 1. The first-order chi connectivity index (χ1) is 15.9. The number of carbonyl (C=O) groups is 1. The van der Waals surface area contributed by atoms with Gasteiger partial charge in [0.05, 0.1) is 39.9 Å². The van der Waals surface area contributed by atoms with Gasteiger partial charge in [-0.3, -0.25) is 4.79 Å². The number of carbonyl (C=O) groups excluding carboxylic acids is 1. The van der Waals surface area contributed by atoms with Crippen molar-refractivity contribution in [3.63, 3.8) is 0 Å². The predicted molar refractivity (Wildman–Crippen MR) is 128 cm³/mol. The molecule has 2 aromatic heterocycles. The summed E-state index contributed by atoms with van der Waals surface area (Å²) < 4.78 is 26.0. The predicted octanol–water partition coefficient (Wildman–Crippen LogP) is 2.54. The number of pyridine rings is 1. The smallest absolute Gasteiger partial charge is 0.254 e. The molecule has 1 atom stereocenters. The molecule has 1 amide bonds. The van der Waals surface area contributed by atoms with Crippen molar-refractivity contribution in [2.45, 2.75) is 26.3 Å². The number of hydrogen-bond acceptors (Lipinski definition) is 6. The van der Waals surface area contributed by atoms with Crippen molar-refractivity contribution in [2.75, 3.05) is 44.2 Å². The van der Waals surface area contributed by atoms with Crippen molar-refractivity contribution in [1.29, 1.82) is 0 Å². The largest absolute Gasteiger partial charge is 0.336 e. The van der Waals surface area contributed by atoms with E-state index in [0.29, 0.717) is 42.1 Å². The van der Waals surface area contributed by atoms with Gasteiger partial charge in [0.25, 0.3) is 5.91 Å². The van der Waals surface area contributed by atoms with Crippen LogP contribution in [0.4, 0.5) is 0 Å². The first-order valence-corrected chi connectivity index (χ1v) is 13.4. The second kappa shape index (κ2) is 8.53. The third-order valence-electron chi connectivity index (χ3n) is 6.80. The van der Waals surface area contributed by atoms with Crippen LogP contribution in [0, 0.1) is 6.92 Å². The summed E-state index contributed by atoms with van der Waals surface area (Å²) >= 11 is 0. The Morgan fingerprint density at radius 3 is 2.48 bits per heavy atom. The highest BCUT2D eigenvalue weighted by Gasteiger charge is 2.33. The minimum Gasteiger partial charge on any atom is -0.336 e. The van der Waals surface area contributed by atoms with Gasteiger partial charge in [-0.15, -0.1) is 0 Å². The van der Waals surface area contributed by atoms with Gasteiger partial charge >= 0.3 is 0 Å². The Balaban J connectivity index is 1.64. The van der Waals surface area contributed by atoms with E-state index in [1.54, 1.807) is 4.68 Å². The molecule has 2 saturated heterocycles. The molecule has 2 aliphatic heterocycles. The molecule has 8 nitrogen and oxygen atoms in total. The van der Waals surface area contributed by atoms with E-state index >= 15 is 0 Å². The molecule has 3 aromatic rings. The number of rotatable bonds is 4. The lowest BCUT2D eigenvalue weighted by Crippen LogP contribution is -2.48. The maximum atomic E-state index is 13.7. The molecule has 0 aliphatic carbocycles. The SMILES string of the molecule is CCN1CCN(C(=O)c2cc(-c3ccccc3)nc3c2c(C)nn3[C@H]2CCS(=O)(=O)C2)CC1. The van der Waals surface area contributed by atoms with Crippen LogP contribution in [-0.4, -0.2) is 83.1 Å². The molecule has 0 saturated carbocycles. The molecule has 9 heteroatoms. The number of nitrogens with zero attached hydrogens (tertiary/aromatic N) is 5. The minimum atomic E-state index is -3.09. The minimum absolute atomic E-state index is 0.0166. The fraction of sp³-hybridized carbons (Fsp3) is 0.458. The first-order valence-electron chi connectivity index (χ1n) is 11.5. The van der Waals surface area contributed by atoms with Gasteiger partial charge in [-0.2, -0.15) is 5.10 Å². The summed E-state index contributed by atoms with van der Waals surface area (Å²) in [6.45, 7) is 8.08. The van der Waals surface area contributed by atoms with Crippen LogP contribution in [-0.2, 0) is 9.84 Å². The molecule has 2 fully saturated rings. The number of aromatic nitrogens is 3. The fourth-order valence-corrected chi connectivity index (χ4v) is 6.59. The summed E-state index contributed by atoms with van der Waals surface area (Å²) in [5.41, 5.74) is 3.49. The summed E-state index contributed by atoms with van der Waals surface area (Å²) in [5.74, 6) is 0.198. The van der Waals surface area contributed by atoms with Crippen molar-refractivity contribution in [3.8, 4) is 11.3 Å². The molecule has 0 unspecified atom stereocenters. The van der Waals surface area contributed by atoms with E-state index in [1.165, 1.54) is 0 Å². The maximum absolute atomic E-state index is 13.7. The van der Waals surface area contributed by atoms with Crippen molar-refractivity contribution < 1.29 is 13.2 Å². The van der Waals surface area contributed by atoms with Crippen LogP contribution in [0.3, 0.4) is 0 Å². The summed E-state index contributed by atoms with van der Waals surface area (Å²) in [6, 6.07) is 11.4. The monoisotopic (exact) mass is 467 g/mol. The Hall–Kier alpha value is -2.78. The summed E-state index contributed by atoms with van der Waals surface area (Å²) in [7, 11) is -3.09. The zero-order valence-corrected chi connectivity index (χ0v) is 19.9. The lowest BCUT2D eigenvalue weighted by molar-refractivity contribution is 0.0645. The fourth-order valence-electron chi connectivity index (χ4n) is 4.90. The van der Waals surface area contributed by atoms with E-state index in [2.05, 4.69) is 11.8 Å². The molecule has 2 aliphatic rings. The molecule has 5 rings (SSSR count). The highest BCUT2D eigenvalue weighted by Crippen LogP contribution is 2.32. The van der Waals surface area contributed by atoms with Crippen LogP contribution in [0.15, 0.2) is 36.4 Å². The average molecular weight is 468 g/mol. The standard InChI is InChI=1S/C24H29N5O3S/c1-3-27-10-12-28(13-11-27)24(30)20-15-21(18-7-5-4-6-8-18)25-23-22(20)17(2)26-29(23)19-9-14-33(31,32)16-19/h4-8,15,19H,3,9-14,16H2,1-2H3/t19-/m0/s1. The van der Waals surface area contributed by atoms with Gasteiger partial charge in [0.1, 0.15) is 0 Å². The number of likely N-dealkylation sites (N-methyl/N-ethyl adjacent to an activating group) is 1. The average Bonchev–Trinajstić information content (AvgIpc) is 3.37. The van der Waals surface area contributed by atoms with Gasteiger partial charge < -0.3 is 9.80 Å². The van der Waals surface area contributed by atoms with Crippen LogP contribution in [0.1, 0.15) is 35.4 Å². The van der Waals surface area contributed by atoms with Gasteiger partial charge in [0, 0.05) is 31.7 Å². The van der Waals surface area contributed by atoms with E-state index in [-0.39, 0.29) is 23.5 Å². The number of aryl methyl sites for hydroxylation is 1. The van der Waals surface area contributed by atoms with Gasteiger partial charge in [-0.1, -0.05) is 37.3 Å². The number of hydrogen-bond donors (Lipinski definition) is 0. The van der Waals surface area contributed by atoms with E-state index < -0.39 is 9.84 Å². The molecule has 0 spiro atoms. The highest BCUT2D eigenvalue weighted by atomic mass is 32.2. The molecular weight excluding hydrogens is 438 g/mol. The molecule has 33 heavy (non-hydrogen) atoms.